The molecule has 41 heavy (non-hydrogen) atoms. The number of esters is 1. The predicted octanol–water partition coefficient (Wildman–Crippen LogP) is 5.13. The SMILES string of the molecule is CCOC(=O)C1=C(C2CCN(c3ncc(C(=O)O)cc3F)CC2)NC(c2nccs2)=NC1c1ccc(F)c(F)c1Cl. The van der Waals surface area contributed by atoms with Crippen LogP contribution >= 0.6 is 22.9 Å². The van der Waals surface area contributed by atoms with Gasteiger partial charge in [-0.3, -0.25) is 4.99 Å². The van der Waals surface area contributed by atoms with Gasteiger partial charge in [-0.25, -0.2) is 32.7 Å². The topological polar surface area (TPSA) is 117 Å². The minimum absolute atomic E-state index is 0.0288. The summed E-state index contributed by atoms with van der Waals surface area (Å²) in [6.07, 6.45) is 3.57. The molecule has 2 N–H and O–H groups in total. The summed E-state index contributed by atoms with van der Waals surface area (Å²) in [6.45, 7) is 2.38. The lowest BCUT2D eigenvalue weighted by atomic mass is 9.85. The van der Waals surface area contributed by atoms with Crippen LogP contribution in [0.1, 0.15) is 46.7 Å². The highest BCUT2D eigenvalue weighted by atomic mass is 35.5. The predicted molar refractivity (Wildman–Crippen MR) is 146 cm³/mol. The zero-order chi connectivity index (χ0) is 29.3. The Balaban J connectivity index is 1.53. The van der Waals surface area contributed by atoms with Gasteiger partial charge in [0, 0.05) is 48.0 Å². The molecule has 1 saturated heterocycles. The number of hydrogen-bond donors (Lipinski definition) is 2. The third kappa shape index (κ3) is 5.64. The van der Waals surface area contributed by atoms with E-state index in [0.29, 0.717) is 42.5 Å². The molecule has 0 radical (unpaired) electrons. The number of nitrogens with zero attached hydrogens (tertiary/aromatic N) is 4. The number of carbonyl (C=O) groups excluding carboxylic acids is 1. The van der Waals surface area contributed by atoms with Crippen LogP contribution in [0.4, 0.5) is 19.0 Å². The van der Waals surface area contributed by atoms with Gasteiger partial charge in [0.05, 0.1) is 22.8 Å². The summed E-state index contributed by atoms with van der Waals surface area (Å²) in [5.41, 5.74) is 0.411. The van der Waals surface area contributed by atoms with Gasteiger partial charge in [-0.15, -0.1) is 11.3 Å². The summed E-state index contributed by atoms with van der Waals surface area (Å²) in [6, 6.07) is 2.02. The molecule has 0 saturated carbocycles. The van der Waals surface area contributed by atoms with Crippen molar-refractivity contribution in [2.45, 2.75) is 25.8 Å². The lowest BCUT2D eigenvalue weighted by Crippen LogP contribution is -2.42. The molecule has 3 aromatic rings. The molecule has 0 amide bonds. The molecule has 2 aliphatic rings. The molecular formula is C27H23ClF3N5O4S. The number of carboxylic acid groups (broad SMARTS) is 1. The fraction of sp³-hybridized carbons (Fsp3) is 0.296. The van der Waals surface area contributed by atoms with Gasteiger partial charge in [-0.05, 0) is 31.9 Å². The number of anilines is 1. The van der Waals surface area contributed by atoms with Crippen molar-refractivity contribution in [3.8, 4) is 0 Å². The molecule has 1 aromatic carbocycles. The van der Waals surface area contributed by atoms with Gasteiger partial charge < -0.3 is 20.1 Å². The van der Waals surface area contributed by atoms with Crippen LogP contribution in [0, 0.1) is 23.4 Å². The van der Waals surface area contributed by atoms with Crippen molar-refractivity contribution < 1.29 is 32.6 Å². The largest absolute Gasteiger partial charge is 0.478 e. The number of benzene rings is 1. The molecule has 0 spiro atoms. The first-order valence-corrected chi connectivity index (χ1v) is 13.9. The monoisotopic (exact) mass is 605 g/mol. The van der Waals surface area contributed by atoms with E-state index < -0.39 is 40.5 Å². The van der Waals surface area contributed by atoms with E-state index in [0.717, 1.165) is 18.3 Å². The summed E-state index contributed by atoms with van der Waals surface area (Å²) in [7, 11) is 0. The number of aromatic nitrogens is 2. The van der Waals surface area contributed by atoms with Crippen molar-refractivity contribution in [3.05, 3.63) is 85.9 Å². The van der Waals surface area contributed by atoms with Gasteiger partial charge in [0.1, 0.15) is 6.04 Å². The van der Waals surface area contributed by atoms with Crippen LogP contribution in [0.25, 0.3) is 0 Å². The molecule has 0 bridgehead atoms. The van der Waals surface area contributed by atoms with Crippen LogP contribution in [0.2, 0.25) is 5.02 Å². The molecule has 5 rings (SSSR count). The van der Waals surface area contributed by atoms with E-state index in [1.54, 1.807) is 23.4 Å². The molecule has 1 unspecified atom stereocenters. The van der Waals surface area contributed by atoms with E-state index >= 15 is 0 Å². The second-order valence-electron chi connectivity index (χ2n) is 9.25. The fourth-order valence-electron chi connectivity index (χ4n) is 4.91. The van der Waals surface area contributed by atoms with Crippen molar-refractivity contribution in [1.29, 1.82) is 0 Å². The number of pyridine rings is 1. The maximum atomic E-state index is 14.7. The Kier molecular flexibility index (Phi) is 8.27. The van der Waals surface area contributed by atoms with E-state index in [2.05, 4.69) is 20.3 Å². The Hall–Kier alpha value is -3.97. The minimum atomic E-state index is -1.28. The summed E-state index contributed by atoms with van der Waals surface area (Å²) in [5.74, 6) is -5.03. The van der Waals surface area contributed by atoms with Crippen LogP contribution in [0.3, 0.4) is 0 Å². The van der Waals surface area contributed by atoms with Crippen molar-refractivity contribution in [3.63, 3.8) is 0 Å². The maximum absolute atomic E-state index is 14.7. The summed E-state index contributed by atoms with van der Waals surface area (Å²) in [5, 5.41) is 14.1. The second kappa shape index (κ2) is 11.9. The van der Waals surface area contributed by atoms with E-state index in [-0.39, 0.29) is 35.0 Å². The van der Waals surface area contributed by atoms with Gasteiger partial charge >= 0.3 is 11.9 Å². The number of halogens is 4. The molecule has 9 nitrogen and oxygen atoms in total. The van der Waals surface area contributed by atoms with E-state index in [1.165, 1.54) is 17.4 Å². The van der Waals surface area contributed by atoms with Crippen molar-refractivity contribution >= 4 is 46.5 Å². The van der Waals surface area contributed by atoms with Gasteiger partial charge in [-0.2, -0.15) is 0 Å². The Morgan fingerprint density at radius 2 is 1.95 bits per heavy atom. The minimum Gasteiger partial charge on any atom is -0.478 e. The van der Waals surface area contributed by atoms with Gasteiger partial charge in [-0.1, -0.05) is 17.7 Å². The smallest absolute Gasteiger partial charge is 0.338 e. The Morgan fingerprint density at radius 1 is 1.20 bits per heavy atom. The molecule has 14 heteroatoms. The number of thiazole rings is 1. The number of hydrogen-bond acceptors (Lipinski definition) is 9. The number of ether oxygens (including phenoxy) is 1. The van der Waals surface area contributed by atoms with Crippen LogP contribution in [0.5, 0.6) is 0 Å². The van der Waals surface area contributed by atoms with E-state index in [4.69, 9.17) is 21.4 Å². The molecule has 4 heterocycles. The number of carboxylic acids is 1. The van der Waals surface area contributed by atoms with Gasteiger partial charge in [0.2, 0.25) is 0 Å². The first-order valence-electron chi connectivity index (χ1n) is 12.6. The van der Waals surface area contributed by atoms with E-state index in [1.807, 2.05) is 0 Å². The number of carbonyl (C=O) groups is 2. The Morgan fingerprint density at radius 3 is 2.59 bits per heavy atom. The van der Waals surface area contributed by atoms with Crippen LogP contribution in [-0.2, 0) is 9.53 Å². The number of piperidine rings is 1. The van der Waals surface area contributed by atoms with Crippen LogP contribution < -0.4 is 10.2 Å². The highest BCUT2D eigenvalue weighted by Gasteiger charge is 2.38. The first-order chi connectivity index (χ1) is 19.7. The third-order valence-electron chi connectivity index (χ3n) is 6.84. The molecule has 2 aromatic heterocycles. The standard InChI is InChI=1S/C27H23ClF3N5O4S/c1-2-40-27(39)18-21(13-5-8-36(9-6-13)24-17(30)11-14(12-33-24)26(37)38)34-23(25-32-7-10-41-25)35-22(18)15-3-4-16(29)20(31)19(15)28/h3-4,7,10-13,22H,2,5-6,8-9H2,1H3,(H,34,35)(H,37,38). The highest BCUT2D eigenvalue weighted by Crippen LogP contribution is 2.41. The number of nitrogens with one attached hydrogen (secondary N) is 1. The van der Waals surface area contributed by atoms with Crippen molar-refractivity contribution in [2.24, 2.45) is 10.9 Å². The molecular weight excluding hydrogens is 583 g/mol. The number of amidine groups is 1. The average Bonchev–Trinajstić information content (AvgIpc) is 3.51. The first kappa shape index (κ1) is 28.6. The molecule has 2 aliphatic heterocycles. The zero-order valence-corrected chi connectivity index (χ0v) is 23.1. The zero-order valence-electron chi connectivity index (χ0n) is 21.5. The Bertz CT molecular complexity index is 1560. The number of aliphatic imine (C=N–C) groups is 1. The molecule has 1 fully saturated rings. The summed E-state index contributed by atoms with van der Waals surface area (Å²) < 4.78 is 48.6. The van der Waals surface area contributed by atoms with E-state index in [9.17, 15) is 22.8 Å². The molecule has 214 valence electrons. The summed E-state index contributed by atoms with van der Waals surface area (Å²) >= 11 is 7.54. The molecule has 1 atom stereocenters. The lowest BCUT2D eigenvalue weighted by Gasteiger charge is -2.37. The average molecular weight is 606 g/mol. The van der Waals surface area contributed by atoms with Crippen molar-refractivity contribution in [2.75, 3.05) is 24.6 Å². The van der Waals surface area contributed by atoms with Crippen LogP contribution in [0.15, 0.2) is 52.2 Å². The van der Waals surface area contributed by atoms with Crippen LogP contribution in [-0.4, -0.2) is 52.5 Å². The maximum Gasteiger partial charge on any atom is 0.338 e. The normalized spacial score (nSPS) is 17.7. The highest BCUT2D eigenvalue weighted by molar-refractivity contribution is 7.11. The van der Waals surface area contributed by atoms with Gasteiger partial charge in [0.25, 0.3) is 0 Å². The summed E-state index contributed by atoms with van der Waals surface area (Å²) in [4.78, 5) is 39.2. The van der Waals surface area contributed by atoms with Gasteiger partial charge in [0.15, 0.2) is 34.1 Å². The number of rotatable bonds is 7. The Labute approximate surface area is 241 Å². The second-order valence-corrected chi connectivity index (χ2v) is 10.5. The molecule has 0 aliphatic carbocycles. The fourth-order valence-corrected chi connectivity index (χ4v) is 5.75. The number of aromatic carboxylic acids is 1. The quantitative estimate of drug-likeness (QED) is 0.281. The van der Waals surface area contributed by atoms with Crippen molar-refractivity contribution in [1.82, 2.24) is 15.3 Å². The lowest BCUT2D eigenvalue weighted by molar-refractivity contribution is -0.139. The number of allylic oxidation sites excluding steroid dienone is 1. The third-order valence-corrected chi connectivity index (χ3v) is 8.00.